The predicted molar refractivity (Wildman–Crippen MR) is 83.7 cm³/mol. The van der Waals surface area contributed by atoms with E-state index in [2.05, 4.69) is 10.1 Å². The van der Waals surface area contributed by atoms with Gasteiger partial charge >= 0.3 is 0 Å². The van der Waals surface area contributed by atoms with Crippen LogP contribution in [-0.2, 0) is 0 Å². The molecule has 6 heteroatoms. The first-order valence-corrected chi connectivity index (χ1v) is 6.80. The van der Waals surface area contributed by atoms with Crippen LogP contribution in [0.15, 0.2) is 22.2 Å². The number of nitrogens with two attached hydrogens (primary N) is 1. The number of rotatable bonds is 4. The second kappa shape index (κ2) is 5.81. The van der Waals surface area contributed by atoms with Crippen LogP contribution in [0.3, 0.4) is 0 Å². The van der Waals surface area contributed by atoms with Crippen molar-refractivity contribution in [2.45, 2.75) is 13.8 Å². The summed E-state index contributed by atoms with van der Waals surface area (Å²) in [7, 11) is 1.61. The van der Waals surface area contributed by atoms with Crippen molar-refractivity contribution in [1.29, 1.82) is 0 Å². The van der Waals surface area contributed by atoms with Crippen molar-refractivity contribution in [3.8, 4) is 0 Å². The first kappa shape index (κ1) is 15.4. The molecule has 1 heterocycles. The summed E-state index contributed by atoms with van der Waals surface area (Å²) in [6.07, 6.45) is 1.51. The molecule has 1 aliphatic rings. The van der Waals surface area contributed by atoms with Gasteiger partial charge in [0.15, 0.2) is 0 Å². The van der Waals surface area contributed by atoms with E-state index in [0.29, 0.717) is 30.1 Å². The van der Waals surface area contributed by atoms with Gasteiger partial charge in [0.05, 0.1) is 12.3 Å². The summed E-state index contributed by atoms with van der Waals surface area (Å²) in [6, 6.07) is 3.23. The first-order chi connectivity index (χ1) is 9.94. The van der Waals surface area contributed by atoms with Crippen molar-refractivity contribution in [3.63, 3.8) is 0 Å². The van der Waals surface area contributed by atoms with Gasteiger partial charge in [0.1, 0.15) is 11.5 Å². The highest BCUT2D eigenvalue weighted by Crippen LogP contribution is 2.36. The average Bonchev–Trinajstić information content (AvgIpc) is 2.44. The fraction of sp³-hybridized carbons (Fsp3) is 0.467. The Morgan fingerprint density at radius 1 is 1.52 bits per heavy atom. The lowest BCUT2D eigenvalue weighted by atomic mass is 9.82. The summed E-state index contributed by atoms with van der Waals surface area (Å²) in [4.78, 5) is 5.80. The summed E-state index contributed by atoms with van der Waals surface area (Å²) in [6.45, 7) is 5.28. The number of hydrogen-bond donors (Lipinski definition) is 2. The Hall–Kier alpha value is -1.95. The van der Waals surface area contributed by atoms with Gasteiger partial charge in [-0.15, -0.1) is 0 Å². The van der Waals surface area contributed by atoms with Crippen LogP contribution in [0.4, 0.5) is 10.1 Å². The zero-order valence-electron chi connectivity index (χ0n) is 12.6. The van der Waals surface area contributed by atoms with E-state index in [1.807, 2.05) is 18.7 Å². The molecule has 0 radical (unpaired) electrons. The van der Waals surface area contributed by atoms with E-state index in [-0.39, 0.29) is 17.8 Å². The van der Waals surface area contributed by atoms with E-state index in [1.165, 1.54) is 12.3 Å². The van der Waals surface area contributed by atoms with Gasteiger partial charge in [-0.3, -0.25) is 4.99 Å². The average molecular weight is 292 g/mol. The van der Waals surface area contributed by atoms with Crippen molar-refractivity contribution in [2.24, 2.45) is 21.4 Å². The molecule has 0 spiro atoms. The van der Waals surface area contributed by atoms with Crippen LogP contribution in [0.25, 0.3) is 0 Å². The number of aliphatic imine (C=N–C) groups is 1. The van der Waals surface area contributed by atoms with E-state index in [0.717, 1.165) is 5.56 Å². The minimum absolute atomic E-state index is 0.110. The molecule has 1 aromatic carbocycles. The molecule has 0 saturated carbocycles. The van der Waals surface area contributed by atoms with Crippen molar-refractivity contribution in [2.75, 3.05) is 31.6 Å². The molecule has 0 amide bonds. The summed E-state index contributed by atoms with van der Waals surface area (Å²) in [5.74, 6) is 5.02. The molecule has 0 aromatic heterocycles. The zero-order valence-corrected chi connectivity index (χ0v) is 12.6. The lowest BCUT2D eigenvalue weighted by Crippen LogP contribution is -2.57. The van der Waals surface area contributed by atoms with E-state index in [9.17, 15) is 9.50 Å². The third-order valence-corrected chi connectivity index (χ3v) is 3.83. The van der Waals surface area contributed by atoms with Gasteiger partial charge in [-0.05, 0) is 24.6 Å². The van der Waals surface area contributed by atoms with E-state index in [4.69, 9.17) is 5.84 Å². The molecular formula is C15H21FN4O. The first-order valence-electron chi connectivity index (χ1n) is 6.80. The van der Waals surface area contributed by atoms with Crippen LogP contribution in [0.1, 0.15) is 18.1 Å². The number of hydrazone groups is 1. The smallest absolute Gasteiger partial charge is 0.147 e. The third kappa shape index (κ3) is 2.90. The minimum atomic E-state index is -0.318. The van der Waals surface area contributed by atoms with Crippen LogP contribution in [-0.4, -0.2) is 43.8 Å². The largest absolute Gasteiger partial charge is 0.396 e. The van der Waals surface area contributed by atoms with Crippen molar-refractivity contribution >= 4 is 17.6 Å². The highest BCUT2D eigenvalue weighted by Gasteiger charge is 2.39. The number of benzene rings is 1. The Kier molecular flexibility index (Phi) is 4.27. The van der Waals surface area contributed by atoms with Gasteiger partial charge < -0.3 is 15.8 Å². The molecule has 0 bridgehead atoms. The number of halogens is 1. The van der Waals surface area contributed by atoms with Gasteiger partial charge in [-0.25, -0.2) is 4.39 Å². The lowest BCUT2D eigenvalue weighted by molar-refractivity contribution is 0.110. The van der Waals surface area contributed by atoms with Crippen LogP contribution in [0.5, 0.6) is 0 Å². The minimum Gasteiger partial charge on any atom is -0.396 e. The monoisotopic (exact) mass is 292 g/mol. The molecule has 1 fully saturated rings. The normalized spacial score (nSPS) is 18.1. The second-order valence-electron chi connectivity index (χ2n) is 5.85. The van der Waals surface area contributed by atoms with E-state index in [1.54, 1.807) is 13.1 Å². The summed E-state index contributed by atoms with van der Waals surface area (Å²) in [5.41, 5.74) is 2.37. The maximum Gasteiger partial charge on any atom is 0.147 e. The predicted octanol–water partition coefficient (Wildman–Crippen LogP) is 1.32. The van der Waals surface area contributed by atoms with Crippen LogP contribution in [0, 0.1) is 18.2 Å². The summed E-state index contributed by atoms with van der Waals surface area (Å²) in [5, 5.41) is 12.9. The zero-order chi connectivity index (χ0) is 15.6. The van der Waals surface area contributed by atoms with Gasteiger partial charge in [-0.2, -0.15) is 5.10 Å². The Labute approximate surface area is 124 Å². The van der Waals surface area contributed by atoms with Gasteiger partial charge in [0, 0.05) is 37.3 Å². The van der Waals surface area contributed by atoms with Crippen molar-refractivity contribution < 1.29 is 9.50 Å². The molecule has 114 valence electrons. The fourth-order valence-corrected chi connectivity index (χ4v) is 2.62. The number of anilines is 1. The molecule has 2 rings (SSSR count). The van der Waals surface area contributed by atoms with Gasteiger partial charge in [0.25, 0.3) is 0 Å². The number of nitrogens with zero attached hydrogens (tertiary/aromatic N) is 3. The highest BCUT2D eigenvalue weighted by molar-refractivity contribution is 6.38. The maximum absolute atomic E-state index is 14.3. The number of aryl methyl sites for hydroxylation is 1. The van der Waals surface area contributed by atoms with Gasteiger partial charge in [-0.1, -0.05) is 6.92 Å². The molecule has 0 atom stereocenters. The Balaban J connectivity index is 2.31. The fourth-order valence-electron chi connectivity index (χ4n) is 2.62. The maximum atomic E-state index is 14.3. The third-order valence-electron chi connectivity index (χ3n) is 3.83. The lowest BCUT2D eigenvalue weighted by Gasteiger charge is -2.48. The van der Waals surface area contributed by atoms with Crippen LogP contribution >= 0.6 is 0 Å². The molecule has 1 aliphatic heterocycles. The summed E-state index contributed by atoms with van der Waals surface area (Å²) >= 11 is 0. The number of aliphatic hydroxyl groups excluding tert-OH is 1. The Morgan fingerprint density at radius 2 is 2.19 bits per heavy atom. The van der Waals surface area contributed by atoms with Crippen LogP contribution in [0.2, 0.25) is 0 Å². The van der Waals surface area contributed by atoms with Crippen LogP contribution < -0.4 is 10.7 Å². The van der Waals surface area contributed by atoms with E-state index < -0.39 is 0 Å². The SMILES string of the molecule is CN=C/C(=N\N)c1cc(F)c(N2CC(C)(CO)C2)cc1C. The van der Waals surface area contributed by atoms with E-state index >= 15 is 0 Å². The van der Waals surface area contributed by atoms with Gasteiger partial charge in [0.2, 0.25) is 0 Å². The standard InChI is InChI=1S/C15H21FN4O/c1-10-4-14(20-7-15(2,8-20)9-21)12(16)5-11(10)13(19-17)6-18-3/h4-6,21H,7-9,17H2,1-3H3/b18-6?,19-13+. The summed E-state index contributed by atoms with van der Waals surface area (Å²) < 4.78 is 14.3. The van der Waals surface area contributed by atoms with Crippen molar-refractivity contribution in [3.05, 3.63) is 29.1 Å². The Morgan fingerprint density at radius 3 is 2.71 bits per heavy atom. The number of aliphatic hydroxyl groups is 1. The highest BCUT2D eigenvalue weighted by atomic mass is 19.1. The van der Waals surface area contributed by atoms with Crippen molar-refractivity contribution in [1.82, 2.24) is 0 Å². The number of hydrogen-bond acceptors (Lipinski definition) is 5. The quantitative estimate of drug-likeness (QED) is 0.499. The second-order valence-corrected chi connectivity index (χ2v) is 5.85. The molecule has 21 heavy (non-hydrogen) atoms. The molecule has 0 aliphatic carbocycles. The molecule has 1 saturated heterocycles. The molecular weight excluding hydrogens is 271 g/mol. The Bertz CT molecular complexity index is 592. The molecule has 1 aromatic rings. The molecule has 0 unspecified atom stereocenters. The topological polar surface area (TPSA) is 74.2 Å². The molecule has 5 nitrogen and oxygen atoms in total. The molecule has 3 N–H and O–H groups in total.